The minimum Gasteiger partial charge on any atom is -0.480 e. The zero-order valence-corrected chi connectivity index (χ0v) is 17.8. The topological polar surface area (TPSA) is 95.2 Å². The average molecular weight is 438 g/mol. The number of aliphatic carboxylic acids is 1. The van der Waals surface area contributed by atoms with Crippen LogP contribution in [-0.2, 0) is 14.6 Å². The smallest absolute Gasteiger partial charge is 0.326 e. The first-order chi connectivity index (χ1) is 14.3. The number of nitriles is 1. The number of thioether (sulfide) groups is 1. The number of nitrogens with zero attached hydrogens (tertiary/aromatic N) is 1. The summed E-state index contributed by atoms with van der Waals surface area (Å²) in [6.45, 7) is 1.25. The fourth-order valence-electron chi connectivity index (χ4n) is 2.82. The van der Waals surface area contributed by atoms with Gasteiger partial charge in [-0.2, -0.15) is 5.26 Å². The number of hydrogen-bond acceptors (Lipinski definition) is 5. The van der Waals surface area contributed by atoms with Gasteiger partial charge in [0.05, 0.1) is 16.5 Å². The van der Waals surface area contributed by atoms with Crippen LogP contribution in [0.4, 0.5) is 0 Å². The van der Waals surface area contributed by atoms with Crippen LogP contribution in [0.1, 0.15) is 12.5 Å². The molecule has 7 heteroatoms. The quantitative estimate of drug-likeness (QED) is 0.541. The lowest BCUT2D eigenvalue weighted by molar-refractivity contribution is -0.138. The predicted molar refractivity (Wildman–Crippen MR) is 117 cm³/mol. The van der Waals surface area contributed by atoms with Crippen LogP contribution in [0.2, 0.25) is 0 Å². The van der Waals surface area contributed by atoms with Crippen molar-refractivity contribution in [3.63, 3.8) is 0 Å². The summed E-state index contributed by atoms with van der Waals surface area (Å²) in [5.41, 5.74) is 2.14. The Bertz CT molecular complexity index is 1180. The fraction of sp³-hybridized carbons (Fsp3) is 0.130. The number of rotatable bonds is 7. The largest absolute Gasteiger partial charge is 0.480 e. The number of carboxylic acids is 1. The maximum absolute atomic E-state index is 13.2. The normalized spacial score (nSPS) is 13.2. The van der Waals surface area contributed by atoms with E-state index in [2.05, 4.69) is 0 Å². The third kappa shape index (κ3) is 4.25. The molecule has 0 saturated carbocycles. The van der Waals surface area contributed by atoms with E-state index in [1.54, 1.807) is 36.4 Å². The molecular weight excluding hydrogens is 418 g/mol. The first-order valence-electron chi connectivity index (χ1n) is 9.04. The van der Waals surface area contributed by atoms with Crippen molar-refractivity contribution in [1.82, 2.24) is 0 Å². The Balaban J connectivity index is 1.89. The highest BCUT2D eigenvalue weighted by Crippen LogP contribution is 2.33. The zero-order chi connectivity index (χ0) is 21.8. The molecule has 0 aromatic heterocycles. The number of hydrogen-bond donors (Lipinski definition) is 1. The molecule has 152 valence electrons. The molecule has 5 nitrogen and oxygen atoms in total. The van der Waals surface area contributed by atoms with E-state index in [1.807, 2.05) is 36.4 Å². The Morgan fingerprint density at radius 3 is 2.00 bits per heavy atom. The number of sulfone groups is 1. The second kappa shape index (κ2) is 8.74. The van der Waals surface area contributed by atoms with E-state index in [-0.39, 0.29) is 10.6 Å². The molecule has 3 aromatic carbocycles. The lowest BCUT2D eigenvalue weighted by Crippen LogP contribution is -2.46. The minimum atomic E-state index is -4.14. The van der Waals surface area contributed by atoms with Gasteiger partial charge in [0.25, 0.3) is 0 Å². The lowest BCUT2D eigenvalue weighted by Gasteiger charge is -2.24. The highest BCUT2D eigenvalue weighted by Gasteiger charge is 2.47. The van der Waals surface area contributed by atoms with E-state index in [1.165, 1.54) is 30.8 Å². The van der Waals surface area contributed by atoms with Gasteiger partial charge in [0.1, 0.15) is 0 Å². The molecule has 0 saturated heterocycles. The van der Waals surface area contributed by atoms with Gasteiger partial charge in [0.15, 0.2) is 14.6 Å². The number of benzene rings is 3. The van der Waals surface area contributed by atoms with Gasteiger partial charge in [0.2, 0.25) is 0 Å². The highest BCUT2D eigenvalue weighted by atomic mass is 32.2. The van der Waals surface area contributed by atoms with Crippen LogP contribution in [0.3, 0.4) is 0 Å². The van der Waals surface area contributed by atoms with Gasteiger partial charge >= 0.3 is 5.97 Å². The summed E-state index contributed by atoms with van der Waals surface area (Å²) >= 11 is 1.19. The predicted octanol–water partition coefficient (Wildman–Crippen LogP) is 4.63. The molecule has 1 atom stereocenters. The van der Waals surface area contributed by atoms with E-state index >= 15 is 0 Å². The number of carboxylic acid groups (broad SMARTS) is 1. The van der Waals surface area contributed by atoms with E-state index in [0.29, 0.717) is 5.56 Å². The van der Waals surface area contributed by atoms with Gasteiger partial charge in [-0.05, 0) is 54.4 Å². The Morgan fingerprint density at radius 2 is 1.50 bits per heavy atom. The summed E-state index contributed by atoms with van der Waals surface area (Å²) < 4.78 is 24.5. The van der Waals surface area contributed by atoms with Crippen LogP contribution < -0.4 is 0 Å². The monoisotopic (exact) mass is 437 g/mol. The molecule has 3 aromatic rings. The van der Waals surface area contributed by atoms with Crippen LogP contribution in [0.25, 0.3) is 11.1 Å². The third-order valence-corrected chi connectivity index (χ3v) is 8.72. The first kappa shape index (κ1) is 21.6. The summed E-state index contributed by atoms with van der Waals surface area (Å²) in [5.74, 6) is -1.51. The maximum Gasteiger partial charge on any atom is 0.326 e. The van der Waals surface area contributed by atoms with E-state index in [4.69, 9.17) is 5.26 Å². The molecule has 0 amide bonds. The van der Waals surface area contributed by atoms with Crippen LogP contribution in [0.15, 0.2) is 88.7 Å². The minimum absolute atomic E-state index is 0.0431. The summed E-state index contributed by atoms with van der Waals surface area (Å²) in [4.78, 5) is 12.8. The molecular formula is C23H19NO4S2. The molecule has 1 N–H and O–H groups in total. The van der Waals surface area contributed by atoms with Gasteiger partial charge in [0, 0.05) is 10.6 Å². The van der Waals surface area contributed by atoms with Gasteiger partial charge < -0.3 is 5.11 Å². The van der Waals surface area contributed by atoms with Gasteiger partial charge in [-0.3, -0.25) is 4.79 Å². The van der Waals surface area contributed by atoms with Gasteiger partial charge in [-0.25, -0.2) is 8.42 Å². The van der Waals surface area contributed by atoms with Crippen molar-refractivity contribution in [3.8, 4) is 17.2 Å². The first-order valence-corrected chi connectivity index (χ1v) is 11.5. The van der Waals surface area contributed by atoms with Crippen LogP contribution in [0, 0.1) is 11.3 Å². The Morgan fingerprint density at radius 1 is 0.967 bits per heavy atom. The molecule has 0 radical (unpaired) electrons. The van der Waals surface area contributed by atoms with Crippen molar-refractivity contribution >= 4 is 27.6 Å². The molecule has 30 heavy (non-hydrogen) atoms. The van der Waals surface area contributed by atoms with Crippen LogP contribution in [0.5, 0.6) is 0 Å². The van der Waals surface area contributed by atoms with Crippen molar-refractivity contribution < 1.29 is 18.3 Å². The second-order valence-corrected chi connectivity index (χ2v) is 10.3. The fourth-order valence-corrected chi connectivity index (χ4v) is 5.77. The van der Waals surface area contributed by atoms with E-state index < -0.39 is 20.6 Å². The van der Waals surface area contributed by atoms with Crippen molar-refractivity contribution in [2.75, 3.05) is 5.75 Å². The Labute approximate surface area is 179 Å². The van der Waals surface area contributed by atoms with Crippen LogP contribution in [-0.4, -0.2) is 30.0 Å². The SMILES string of the molecule is CC(CSc1ccccc1)(C(=O)O)S(=O)(=O)c1ccc(-c2ccc(C#N)cc2)cc1. The summed E-state index contributed by atoms with van der Waals surface area (Å²) in [6.07, 6.45) is 0. The van der Waals surface area contributed by atoms with Crippen molar-refractivity contribution in [3.05, 3.63) is 84.4 Å². The molecule has 1 unspecified atom stereocenters. The highest BCUT2D eigenvalue weighted by molar-refractivity contribution is 8.01. The zero-order valence-electron chi connectivity index (χ0n) is 16.1. The maximum atomic E-state index is 13.2. The van der Waals surface area contributed by atoms with E-state index in [9.17, 15) is 18.3 Å². The second-order valence-electron chi connectivity index (χ2n) is 6.85. The molecule has 0 aliphatic heterocycles. The summed E-state index contributed by atoms with van der Waals surface area (Å²) in [6, 6.07) is 24.2. The molecule has 3 rings (SSSR count). The molecule has 0 aliphatic rings. The van der Waals surface area contributed by atoms with E-state index in [0.717, 1.165) is 16.0 Å². The summed E-state index contributed by atoms with van der Waals surface area (Å²) in [7, 11) is -4.14. The molecule has 0 heterocycles. The lowest BCUT2D eigenvalue weighted by atomic mass is 10.0. The Kier molecular flexibility index (Phi) is 6.30. The Hall–Kier alpha value is -3.08. The van der Waals surface area contributed by atoms with Crippen LogP contribution >= 0.6 is 11.8 Å². The molecule has 0 fully saturated rings. The van der Waals surface area contributed by atoms with Crippen molar-refractivity contribution in [2.24, 2.45) is 0 Å². The van der Waals surface area contributed by atoms with Crippen molar-refractivity contribution in [1.29, 1.82) is 5.26 Å². The number of carbonyl (C=O) groups is 1. The molecule has 0 spiro atoms. The third-order valence-electron chi connectivity index (χ3n) is 4.81. The summed E-state index contributed by atoms with van der Waals surface area (Å²) in [5, 5.41) is 18.7. The van der Waals surface area contributed by atoms with Crippen molar-refractivity contribution in [2.45, 2.75) is 21.5 Å². The molecule has 0 aliphatic carbocycles. The standard InChI is InChI=1S/C23H19NO4S2/c1-23(22(25)26,16-29-20-5-3-2-4-6-20)30(27,28)21-13-11-19(12-14-21)18-9-7-17(15-24)8-10-18/h2-14H,16H2,1H3,(H,25,26). The molecule has 0 bridgehead atoms. The van der Waals surface area contributed by atoms with Gasteiger partial charge in [-0.1, -0.05) is 42.5 Å². The average Bonchev–Trinajstić information content (AvgIpc) is 2.78. The van der Waals surface area contributed by atoms with Gasteiger partial charge in [-0.15, -0.1) is 11.8 Å².